The smallest absolute Gasteiger partial charge is 0.407 e. The first kappa shape index (κ1) is 21.5. The lowest BCUT2D eigenvalue weighted by Gasteiger charge is -2.20. The zero-order valence-corrected chi connectivity index (χ0v) is 18.5. The van der Waals surface area contributed by atoms with Crippen molar-refractivity contribution in [3.05, 3.63) is 59.7 Å². The number of alkyl carbamates (subject to hydrolysis) is 1. The number of hydrogen-bond donors (Lipinski definition) is 3. The second-order valence-corrected chi connectivity index (χ2v) is 9.64. The zero-order valence-electron chi connectivity index (χ0n) is 18.5. The normalized spacial score (nSPS) is 25.4. The molecule has 0 radical (unpaired) electrons. The van der Waals surface area contributed by atoms with Gasteiger partial charge < -0.3 is 20.5 Å². The Morgan fingerprint density at radius 1 is 1.06 bits per heavy atom. The van der Waals surface area contributed by atoms with Crippen LogP contribution in [-0.2, 0) is 14.3 Å². The maximum atomic E-state index is 12.7. The average molecular weight is 449 g/mol. The number of hydrogen-bond acceptors (Lipinski definition) is 4. The third-order valence-corrected chi connectivity index (χ3v) is 7.39. The molecule has 172 valence electrons. The Morgan fingerprint density at radius 3 is 2.33 bits per heavy atom. The number of ether oxygens (including phenoxy) is 1. The largest absolute Gasteiger partial charge is 0.481 e. The molecule has 33 heavy (non-hydrogen) atoms. The first-order valence-corrected chi connectivity index (χ1v) is 11.5. The predicted molar refractivity (Wildman–Crippen MR) is 122 cm³/mol. The van der Waals surface area contributed by atoms with E-state index in [1.54, 1.807) is 6.92 Å². The van der Waals surface area contributed by atoms with Gasteiger partial charge >= 0.3 is 12.1 Å². The fourth-order valence-electron chi connectivity index (χ4n) is 5.77. The van der Waals surface area contributed by atoms with Crippen molar-refractivity contribution in [1.82, 2.24) is 10.6 Å². The second kappa shape index (κ2) is 8.21. The van der Waals surface area contributed by atoms with Crippen LogP contribution in [0.1, 0.15) is 49.7 Å². The summed E-state index contributed by atoms with van der Waals surface area (Å²) >= 11 is 0. The van der Waals surface area contributed by atoms with Crippen molar-refractivity contribution in [2.75, 3.05) is 6.61 Å². The van der Waals surface area contributed by atoms with E-state index in [0.717, 1.165) is 12.8 Å². The topological polar surface area (TPSA) is 105 Å². The van der Waals surface area contributed by atoms with Crippen LogP contribution in [0.5, 0.6) is 0 Å². The summed E-state index contributed by atoms with van der Waals surface area (Å²) in [4.78, 5) is 36.1. The third-order valence-electron chi connectivity index (χ3n) is 7.39. The van der Waals surface area contributed by atoms with Gasteiger partial charge in [-0.3, -0.25) is 9.59 Å². The lowest BCUT2D eigenvalue weighted by Crippen LogP contribution is -2.41. The monoisotopic (exact) mass is 448 g/mol. The number of nitrogens with one attached hydrogen (secondary N) is 2. The van der Waals surface area contributed by atoms with Crippen molar-refractivity contribution in [1.29, 1.82) is 0 Å². The van der Waals surface area contributed by atoms with Crippen LogP contribution in [0.2, 0.25) is 0 Å². The molecule has 0 saturated heterocycles. The number of aliphatic carboxylic acids is 1. The minimum absolute atomic E-state index is 0.00738. The molecule has 0 heterocycles. The highest BCUT2D eigenvalue weighted by Crippen LogP contribution is 2.63. The number of carbonyl (C=O) groups excluding carboxylic acids is 2. The molecule has 3 aliphatic rings. The number of amides is 2. The molecule has 5 rings (SSSR count). The highest BCUT2D eigenvalue weighted by molar-refractivity contribution is 5.87. The average Bonchev–Trinajstić information content (AvgIpc) is 3.20. The van der Waals surface area contributed by atoms with Gasteiger partial charge in [0.25, 0.3) is 0 Å². The molecular weight excluding hydrogens is 420 g/mol. The van der Waals surface area contributed by atoms with E-state index in [2.05, 4.69) is 34.9 Å². The molecule has 2 fully saturated rings. The van der Waals surface area contributed by atoms with E-state index in [0.29, 0.717) is 6.42 Å². The van der Waals surface area contributed by atoms with Crippen LogP contribution in [0.25, 0.3) is 11.1 Å². The quantitative estimate of drug-likeness (QED) is 0.599. The van der Waals surface area contributed by atoms with E-state index >= 15 is 0 Å². The molecule has 2 aromatic rings. The number of carbonyl (C=O) groups is 3. The van der Waals surface area contributed by atoms with Crippen LogP contribution in [0, 0.1) is 11.3 Å². The Morgan fingerprint density at radius 2 is 1.70 bits per heavy atom. The minimum Gasteiger partial charge on any atom is -0.481 e. The summed E-state index contributed by atoms with van der Waals surface area (Å²) in [7, 11) is 0. The van der Waals surface area contributed by atoms with Crippen LogP contribution >= 0.6 is 0 Å². The lowest BCUT2D eigenvalue weighted by molar-refractivity contribution is -0.137. The summed E-state index contributed by atoms with van der Waals surface area (Å²) in [5, 5.41) is 14.7. The number of benzene rings is 2. The lowest BCUT2D eigenvalue weighted by atomic mass is 9.98. The van der Waals surface area contributed by atoms with Gasteiger partial charge in [0.15, 0.2) is 0 Å². The fourth-order valence-corrected chi connectivity index (χ4v) is 5.77. The van der Waals surface area contributed by atoms with E-state index < -0.39 is 23.5 Å². The van der Waals surface area contributed by atoms with E-state index in [4.69, 9.17) is 9.84 Å². The van der Waals surface area contributed by atoms with Crippen molar-refractivity contribution >= 4 is 18.0 Å². The molecule has 2 saturated carbocycles. The Hall–Kier alpha value is -3.35. The highest BCUT2D eigenvalue weighted by Gasteiger charge is 2.65. The number of fused-ring (bicyclic) bond motifs is 4. The van der Waals surface area contributed by atoms with Gasteiger partial charge in [-0.15, -0.1) is 0 Å². The SMILES string of the molecule is CC(CC(=O)O)NC(=O)C12CC(NC(=O)OCC3c4ccccc4-c4ccccc43)CC1C2. The number of carboxylic acid groups (broad SMARTS) is 1. The molecule has 7 heteroatoms. The molecule has 0 bridgehead atoms. The van der Waals surface area contributed by atoms with Gasteiger partial charge in [0, 0.05) is 18.0 Å². The van der Waals surface area contributed by atoms with E-state index in [1.165, 1.54) is 22.3 Å². The van der Waals surface area contributed by atoms with E-state index in [-0.39, 0.29) is 36.8 Å². The van der Waals surface area contributed by atoms with Crippen molar-refractivity contribution in [3.8, 4) is 11.1 Å². The van der Waals surface area contributed by atoms with Crippen LogP contribution in [0.3, 0.4) is 0 Å². The molecule has 3 aliphatic carbocycles. The predicted octanol–water partition coefficient (Wildman–Crippen LogP) is 3.67. The Kier molecular flexibility index (Phi) is 5.35. The molecule has 0 aromatic heterocycles. The molecule has 3 N–H and O–H groups in total. The summed E-state index contributed by atoms with van der Waals surface area (Å²) in [6, 6.07) is 15.9. The Balaban J connectivity index is 1.16. The van der Waals surface area contributed by atoms with Crippen molar-refractivity contribution < 1.29 is 24.2 Å². The zero-order chi connectivity index (χ0) is 23.2. The van der Waals surface area contributed by atoms with Gasteiger partial charge in [-0.2, -0.15) is 0 Å². The molecular formula is C26H28N2O5. The van der Waals surface area contributed by atoms with Crippen molar-refractivity contribution in [3.63, 3.8) is 0 Å². The van der Waals surface area contributed by atoms with Crippen LogP contribution < -0.4 is 10.6 Å². The minimum atomic E-state index is -0.936. The van der Waals surface area contributed by atoms with E-state index in [1.807, 2.05) is 24.3 Å². The van der Waals surface area contributed by atoms with Gasteiger partial charge in [-0.1, -0.05) is 48.5 Å². The van der Waals surface area contributed by atoms with Crippen molar-refractivity contribution in [2.45, 2.75) is 50.6 Å². The molecule has 4 atom stereocenters. The Bertz CT molecular complexity index is 1070. The maximum absolute atomic E-state index is 12.7. The van der Waals surface area contributed by atoms with Gasteiger partial charge in [0.05, 0.1) is 11.8 Å². The van der Waals surface area contributed by atoms with Gasteiger partial charge in [-0.05, 0) is 54.4 Å². The van der Waals surface area contributed by atoms with Gasteiger partial charge in [0.2, 0.25) is 5.91 Å². The van der Waals surface area contributed by atoms with Gasteiger partial charge in [-0.25, -0.2) is 4.79 Å². The summed E-state index contributed by atoms with van der Waals surface area (Å²) in [6.07, 6.45) is 1.53. The third kappa shape index (κ3) is 3.96. The number of rotatable bonds is 7. The second-order valence-electron chi connectivity index (χ2n) is 9.64. The summed E-state index contributed by atoms with van der Waals surface area (Å²) in [5.41, 5.74) is 4.22. The standard InChI is InChI=1S/C26H28N2O5/c1-15(10-23(29)30)27-24(31)26-12-16(26)11-17(13-26)28-25(32)33-14-22-20-8-4-2-6-18(20)19-7-3-5-9-21(19)22/h2-9,15-17,22H,10-14H2,1H3,(H,27,31)(H,28,32)(H,29,30). The molecule has 2 aromatic carbocycles. The molecule has 4 unspecified atom stereocenters. The molecule has 0 spiro atoms. The summed E-state index contributed by atoms with van der Waals surface area (Å²) in [6.45, 7) is 1.95. The molecule has 0 aliphatic heterocycles. The van der Waals surface area contributed by atoms with Gasteiger partial charge in [0.1, 0.15) is 6.61 Å². The first-order valence-electron chi connectivity index (χ1n) is 11.5. The van der Waals surface area contributed by atoms with Crippen LogP contribution in [0.15, 0.2) is 48.5 Å². The molecule has 7 nitrogen and oxygen atoms in total. The maximum Gasteiger partial charge on any atom is 0.407 e. The fraction of sp³-hybridized carbons (Fsp3) is 0.423. The summed E-state index contributed by atoms with van der Waals surface area (Å²) < 4.78 is 5.64. The number of carboxylic acids is 1. The van der Waals surface area contributed by atoms with Crippen LogP contribution in [0.4, 0.5) is 4.79 Å². The van der Waals surface area contributed by atoms with Crippen molar-refractivity contribution in [2.24, 2.45) is 11.3 Å². The first-order chi connectivity index (χ1) is 15.9. The molecule has 2 amide bonds. The van der Waals surface area contributed by atoms with E-state index in [9.17, 15) is 14.4 Å². The summed E-state index contributed by atoms with van der Waals surface area (Å²) in [5.74, 6) is -0.798. The highest BCUT2D eigenvalue weighted by atomic mass is 16.5. The Labute approximate surface area is 192 Å². The van der Waals surface area contributed by atoms with Crippen LogP contribution in [-0.4, -0.2) is 41.8 Å².